The molecule has 0 aromatic heterocycles. The highest BCUT2D eigenvalue weighted by molar-refractivity contribution is 5.87. The zero-order chi connectivity index (χ0) is 27.6. The number of epoxide rings is 2. The lowest BCUT2D eigenvalue weighted by Crippen LogP contribution is -2.54. The molecule has 3 aliphatic rings. The summed E-state index contributed by atoms with van der Waals surface area (Å²) in [6, 6.07) is 15.2. The standard InChI is InChI=1S/C32H38O7/c1-21(2)5-15-27-31(3,39-27)30-29(34)26(17-18-32(30)20-36-32)38-28(33)16-10-22-6-11-24(12-7-22)37-25-13-8-23(9-14-25)19-35-4/h5-14,16,26-27,29-30,34H,15,17-20H2,1-4H3/b16-10+/t26-,27?,29-,30?,31?,32?/m1/s1. The van der Waals surface area contributed by atoms with E-state index in [0.29, 0.717) is 25.4 Å². The number of methoxy groups -OCH3 is 1. The van der Waals surface area contributed by atoms with Crippen LogP contribution < -0.4 is 4.74 Å². The van der Waals surface area contributed by atoms with E-state index in [4.69, 9.17) is 23.7 Å². The average Bonchev–Trinajstić information content (AvgIpc) is 3.83. The van der Waals surface area contributed by atoms with Crippen LogP contribution in [0.3, 0.4) is 0 Å². The van der Waals surface area contributed by atoms with Crippen LogP contribution in [0.25, 0.3) is 6.08 Å². The zero-order valence-electron chi connectivity index (χ0n) is 23.1. The molecular weight excluding hydrogens is 496 g/mol. The van der Waals surface area contributed by atoms with Gasteiger partial charge in [-0.25, -0.2) is 4.79 Å². The molecule has 0 bridgehead atoms. The number of aliphatic hydroxyl groups excluding tert-OH is 1. The molecule has 1 aliphatic carbocycles. The second kappa shape index (κ2) is 11.3. The molecule has 3 fully saturated rings. The minimum Gasteiger partial charge on any atom is -0.457 e. The Balaban J connectivity index is 1.16. The summed E-state index contributed by atoms with van der Waals surface area (Å²) < 4.78 is 28.7. The molecule has 1 saturated carbocycles. The van der Waals surface area contributed by atoms with E-state index in [1.54, 1.807) is 13.2 Å². The summed E-state index contributed by atoms with van der Waals surface area (Å²) in [5, 5.41) is 11.3. The van der Waals surface area contributed by atoms with Crippen LogP contribution in [-0.4, -0.2) is 54.3 Å². The number of aliphatic hydroxyl groups is 1. The maximum atomic E-state index is 12.7. The number of hydrogen-bond donors (Lipinski definition) is 1. The van der Waals surface area contributed by atoms with Crippen LogP contribution in [0.4, 0.5) is 0 Å². The molecule has 39 heavy (non-hydrogen) atoms. The van der Waals surface area contributed by atoms with E-state index >= 15 is 0 Å². The zero-order valence-corrected chi connectivity index (χ0v) is 23.1. The molecule has 2 aromatic rings. The Labute approximate surface area is 230 Å². The number of esters is 1. The number of carbonyl (C=O) groups excluding carboxylic acids is 1. The molecule has 4 unspecified atom stereocenters. The van der Waals surface area contributed by atoms with Crippen molar-refractivity contribution in [1.82, 2.24) is 0 Å². The monoisotopic (exact) mass is 534 g/mol. The van der Waals surface area contributed by atoms with Crippen molar-refractivity contribution >= 4 is 12.0 Å². The second-order valence-corrected chi connectivity index (χ2v) is 11.2. The van der Waals surface area contributed by atoms with Crippen molar-refractivity contribution in [2.24, 2.45) is 5.92 Å². The van der Waals surface area contributed by atoms with Gasteiger partial charge in [0.15, 0.2) is 0 Å². The summed E-state index contributed by atoms with van der Waals surface area (Å²) >= 11 is 0. The highest BCUT2D eigenvalue weighted by atomic mass is 16.6. The molecular formula is C32H38O7. The molecule has 0 radical (unpaired) electrons. The lowest BCUT2D eigenvalue weighted by atomic mass is 9.68. The topological polar surface area (TPSA) is 90.1 Å². The van der Waals surface area contributed by atoms with E-state index in [9.17, 15) is 9.90 Å². The van der Waals surface area contributed by atoms with E-state index in [-0.39, 0.29) is 17.6 Å². The van der Waals surface area contributed by atoms with Crippen molar-refractivity contribution in [3.63, 3.8) is 0 Å². The highest BCUT2D eigenvalue weighted by Crippen LogP contribution is 2.59. The Morgan fingerprint density at radius 2 is 1.77 bits per heavy atom. The number of allylic oxidation sites excluding steroid dienone is 1. The van der Waals surface area contributed by atoms with Gasteiger partial charge in [0.05, 0.1) is 31.3 Å². The molecule has 1 N–H and O–H groups in total. The van der Waals surface area contributed by atoms with Crippen molar-refractivity contribution in [3.05, 3.63) is 77.4 Å². The second-order valence-electron chi connectivity index (χ2n) is 11.2. The lowest BCUT2D eigenvalue weighted by Gasteiger charge is -2.40. The smallest absolute Gasteiger partial charge is 0.331 e. The van der Waals surface area contributed by atoms with Gasteiger partial charge in [-0.3, -0.25) is 0 Å². The normalized spacial score (nSPS) is 31.2. The van der Waals surface area contributed by atoms with Crippen molar-refractivity contribution in [2.75, 3.05) is 13.7 Å². The van der Waals surface area contributed by atoms with Crippen LogP contribution in [-0.2, 0) is 30.3 Å². The number of ether oxygens (including phenoxy) is 5. The molecule has 2 aromatic carbocycles. The maximum absolute atomic E-state index is 12.7. The number of hydrogen-bond acceptors (Lipinski definition) is 7. The van der Waals surface area contributed by atoms with Crippen molar-refractivity contribution in [1.29, 1.82) is 0 Å². The van der Waals surface area contributed by atoms with Crippen molar-refractivity contribution < 1.29 is 33.6 Å². The van der Waals surface area contributed by atoms with Gasteiger partial charge in [-0.15, -0.1) is 0 Å². The summed E-state index contributed by atoms with van der Waals surface area (Å²) in [4.78, 5) is 12.7. The number of carbonyl (C=O) groups is 1. The summed E-state index contributed by atoms with van der Waals surface area (Å²) in [6.45, 7) is 7.35. The van der Waals surface area contributed by atoms with Crippen LogP contribution in [0.2, 0.25) is 0 Å². The maximum Gasteiger partial charge on any atom is 0.331 e. The highest BCUT2D eigenvalue weighted by Gasteiger charge is 2.71. The minimum atomic E-state index is -0.847. The van der Waals surface area contributed by atoms with Gasteiger partial charge in [-0.1, -0.05) is 35.9 Å². The molecule has 7 heteroatoms. The molecule has 2 aliphatic heterocycles. The summed E-state index contributed by atoms with van der Waals surface area (Å²) in [7, 11) is 1.67. The fourth-order valence-electron chi connectivity index (χ4n) is 5.77. The molecule has 1 spiro atoms. The van der Waals surface area contributed by atoms with Gasteiger partial charge >= 0.3 is 5.97 Å². The molecule has 7 nitrogen and oxygen atoms in total. The lowest BCUT2D eigenvalue weighted by molar-refractivity contribution is -0.162. The van der Waals surface area contributed by atoms with Gasteiger partial charge in [0, 0.05) is 13.2 Å². The first-order valence-electron chi connectivity index (χ1n) is 13.6. The van der Waals surface area contributed by atoms with E-state index in [2.05, 4.69) is 19.9 Å². The third-order valence-electron chi connectivity index (χ3n) is 8.02. The SMILES string of the molecule is COCc1ccc(Oc2ccc(/C=C/C(=O)O[C@@H]3CCC4(CO4)C(C4(C)OC4CC=C(C)C)[C@@H]3O)cc2)cc1. The largest absolute Gasteiger partial charge is 0.457 e. The first kappa shape index (κ1) is 27.6. The third-order valence-corrected chi connectivity index (χ3v) is 8.02. The Morgan fingerprint density at radius 1 is 1.10 bits per heavy atom. The Hall–Kier alpha value is -2.97. The molecule has 0 amide bonds. The molecule has 2 heterocycles. The van der Waals surface area contributed by atoms with Crippen LogP contribution in [0.1, 0.15) is 51.2 Å². The van der Waals surface area contributed by atoms with E-state index < -0.39 is 23.8 Å². The van der Waals surface area contributed by atoms with Crippen molar-refractivity contribution in [2.45, 2.75) is 76.2 Å². The third kappa shape index (κ3) is 6.28. The first-order chi connectivity index (χ1) is 18.7. The van der Waals surface area contributed by atoms with Gasteiger partial charge in [-0.2, -0.15) is 0 Å². The summed E-state index contributed by atoms with van der Waals surface area (Å²) in [5.74, 6) is 0.711. The van der Waals surface area contributed by atoms with Crippen LogP contribution in [0.15, 0.2) is 66.3 Å². The fourth-order valence-corrected chi connectivity index (χ4v) is 5.77. The van der Waals surface area contributed by atoms with Crippen LogP contribution in [0, 0.1) is 5.92 Å². The van der Waals surface area contributed by atoms with Gasteiger partial charge in [0.2, 0.25) is 0 Å². The molecule has 5 rings (SSSR count). The predicted molar refractivity (Wildman–Crippen MR) is 147 cm³/mol. The van der Waals surface area contributed by atoms with E-state index in [0.717, 1.165) is 29.7 Å². The van der Waals surface area contributed by atoms with E-state index in [1.807, 2.05) is 55.5 Å². The molecule has 2 saturated heterocycles. The Bertz CT molecular complexity index is 1210. The van der Waals surface area contributed by atoms with Gasteiger partial charge in [-0.05, 0) is 81.5 Å². The van der Waals surface area contributed by atoms with Crippen LogP contribution >= 0.6 is 0 Å². The summed E-state index contributed by atoms with van der Waals surface area (Å²) in [6.07, 6.45) is 5.94. The van der Waals surface area contributed by atoms with Gasteiger partial charge in [0.1, 0.15) is 28.8 Å². The van der Waals surface area contributed by atoms with Gasteiger partial charge in [0.25, 0.3) is 0 Å². The predicted octanol–water partition coefficient (Wildman–Crippen LogP) is 5.60. The van der Waals surface area contributed by atoms with E-state index in [1.165, 1.54) is 11.6 Å². The minimum absolute atomic E-state index is 0.0319. The van der Waals surface area contributed by atoms with Crippen molar-refractivity contribution in [3.8, 4) is 11.5 Å². The Morgan fingerprint density at radius 3 is 2.38 bits per heavy atom. The van der Waals surface area contributed by atoms with Gasteiger partial charge < -0.3 is 28.8 Å². The molecule has 6 atom stereocenters. The molecule has 208 valence electrons. The number of rotatable bonds is 10. The van der Waals surface area contributed by atoms with Crippen LogP contribution in [0.5, 0.6) is 11.5 Å². The first-order valence-corrected chi connectivity index (χ1v) is 13.6. The average molecular weight is 535 g/mol. The fraction of sp³-hybridized carbons (Fsp3) is 0.469. The summed E-state index contributed by atoms with van der Waals surface area (Å²) in [5.41, 5.74) is 2.29. The quantitative estimate of drug-likeness (QED) is 0.184. The number of benzene rings is 2. The Kier molecular flexibility index (Phi) is 7.96.